The number of carbonyl (C=O) groups is 2. The zero-order valence-electron chi connectivity index (χ0n) is 11.3. The summed E-state index contributed by atoms with van der Waals surface area (Å²) in [6, 6.07) is -1.59. The first kappa shape index (κ1) is 15.9. The van der Waals surface area contributed by atoms with Crippen molar-refractivity contribution in [1.29, 1.82) is 0 Å². The number of carboxylic acid groups (broad SMARTS) is 1. The molecule has 5 nitrogen and oxygen atoms in total. The normalized spacial score (nSPS) is 17.1. The van der Waals surface area contributed by atoms with Crippen LogP contribution in [0.1, 0.15) is 41.0 Å². The van der Waals surface area contributed by atoms with E-state index in [1.165, 1.54) is 0 Å². The standard InChI is InChI=1S/C12H24N2O3/c1-6-7(2)8(11(16)17)14-10(15)9(13)12(3,4)5/h7-9H,6,13H2,1-5H3,(H,14,15)(H,16,17)/t7-,8-,9-/m0/s1. The number of amides is 1. The van der Waals surface area contributed by atoms with Gasteiger partial charge in [0.25, 0.3) is 0 Å². The Morgan fingerprint density at radius 3 is 2.12 bits per heavy atom. The Balaban J connectivity index is 4.68. The topological polar surface area (TPSA) is 92.4 Å². The molecule has 17 heavy (non-hydrogen) atoms. The number of carbonyl (C=O) groups excluding carboxylic acids is 1. The fourth-order valence-electron chi connectivity index (χ4n) is 1.32. The second-order valence-electron chi connectivity index (χ2n) is 5.55. The average Bonchev–Trinajstić information content (AvgIpc) is 2.21. The molecule has 0 unspecified atom stereocenters. The molecule has 0 aliphatic heterocycles. The smallest absolute Gasteiger partial charge is 0.326 e. The number of rotatable bonds is 5. The summed E-state index contributed by atoms with van der Waals surface area (Å²) < 4.78 is 0. The van der Waals surface area contributed by atoms with Gasteiger partial charge in [0, 0.05) is 0 Å². The largest absolute Gasteiger partial charge is 0.480 e. The summed E-state index contributed by atoms with van der Waals surface area (Å²) in [5.41, 5.74) is 5.39. The molecule has 0 aromatic heterocycles. The second kappa shape index (κ2) is 6.00. The Kier molecular flexibility index (Phi) is 5.61. The molecule has 100 valence electrons. The van der Waals surface area contributed by atoms with Crippen molar-refractivity contribution in [3.8, 4) is 0 Å². The quantitative estimate of drug-likeness (QED) is 0.672. The van der Waals surface area contributed by atoms with E-state index in [4.69, 9.17) is 10.8 Å². The van der Waals surface area contributed by atoms with E-state index in [2.05, 4.69) is 5.32 Å². The van der Waals surface area contributed by atoms with E-state index in [9.17, 15) is 9.59 Å². The molecule has 0 aliphatic carbocycles. The first-order valence-electron chi connectivity index (χ1n) is 5.90. The summed E-state index contributed by atoms with van der Waals surface area (Å²) in [5, 5.41) is 11.6. The monoisotopic (exact) mass is 244 g/mol. The molecular formula is C12H24N2O3. The molecule has 0 heterocycles. The van der Waals surface area contributed by atoms with Crippen molar-refractivity contribution in [3.05, 3.63) is 0 Å². The lowest BCUT2D eigenvalue weighted by atomic mass is 9.86. The third-order valence-corrected chi connectivity index (χ3v) is 2.99. The summed E-state index contributed by atoms with van der Waals surface area (Å²) in [6.07, 6.45) is 0.683. The van der Waals surface area contributed by atoms with Crippen LogP contribution < -0.4 is 11.1 Å². The van der Waals surface area contributed by atoms with Gasteiger partial charge in [0.05, 0.1) is 6.04 Å². The molecule has 0 saturated carbocycles. The van der Waals surface area contributed by atoms with Gasteiger partial charge in [0.1, 0.15) is 6.04 Å². The van der Waals surface area contributed by atoms with E-state index in [-0.39, 0.29) is 11.3 Å². The van der Waals surface area contributed by atoms with Gasteiger partial charge >= 0.3 is 5.97 Å². The highest BCUT2D eigenvalue weighted by atomic mass is 16.4. The van der Waals surface area contributed by atoms with Crippen LogP contribution in [0.25, 0.3) is 0 Å². The van der Waals surface area contributed by atoms with Crippen LogP contribution in [-0.4, -0.2) is 29.1 Å². The van der Waals surface area contributed by atoms with Gasteiger partial charge in [-0.1, -0.05) is 41.0 Å². The Morgan fingerprint density at radius 2 is 1.82 bits per heavy atom. The van der Waals surface area contributed by atoms with Gasteiger partial charge in [-0.25, -0.2) is 4.79 Å². The molecule has 0 radical (unpaired) electrons. The molecule has 0 aromatic rings. The Hall–Kier alpha value is -1.10. The molecule has 1 amide bonds. The SMILES string of the molecule is CC[C@H](C)[C@H](NC(=O)[C@H](N)C(C)(C)C)C(=O)O. The minimum Gasteiger partial charge on any atom is -0.480 e. The fourth-order valence-corrected chi connectivity index (χ4v) is 1.32. The maximum absolute atomic E-state index is 11.8. The second-order valence-corrected chi connectivity index (χ2v) is 5.55. The van der Waals surface area contributed by atoms with Crippen LogP contribution in [0.5, 0.6) is 0 Å². The predicted molar refractivity (Wildman–Crippen MR) is 66.5 cm³/mol. The summed E-state index contributed by atoms with van der Waals surface area (Å²) in [7, 11) is 0. The van der Waals surface area contributed by atoms with Crippen LogP contribution in [0.2, 0.25) is 0 Å². The lowest BCUT2D eigenvalue weighted by molar-refractivity contribution is -0.143. The molecule has 0 spiro atoms. The van der Waals surface area contributed by atoms with Crippen molar-refractivity contribution in [1.82, 2.24) is 5.32 Å². The maximum atomic E-state index is 11.8. The third-order valence-electron chi connectivity index (χ3n) is 2.99. The Labute approximate surface area is 103 Å². The number of hydrogen-bond acceptors (Lipinski definition) is 3. The van der Waals surface area contributed by atoms with E-state index >= 15 is 0 Å². The molecule has 0 aromatic carbocycles. The summed E-state index contributed by atoms with van der Waals surface area (Å²) in [4.78, 5) is 22.9. The highest BCUT2D eigenvalue weighted by Gasteiger charge is 2.32. The molecule has 0 bridgehead atoms. The number of aliphatic carboxylic acids is 1. The zero-order chi connectivity index (χ0) is 13.8. The lowest BCUT2D eigenvalue weighted by Crippen LogP contribution is -2.54. The van der Waals surface area contributed by atoms with Crippen LogP contribution in [0.3, 0.4) is 0 Å². The molecule has 0 saturated heterocycles. The van der Waals surface area contributed by atoms with Crippen LogP contribution in [0.15, 0.2) is 0 Å². The first-order valence-corrected chi connectivity index (χ1v) is 5.90. The summed E-state index contributed by atoms with van der Waals surface area (Å²) in [5.74, 6) is -1.55. The third kappa shape index (κ3) is 4.73. The van der Waals surface area contributed by atoms with Crippen LogP contribution in [-0.2, 0) is 9.59 Å². The maximum Gasteiger partial charge on any atom is 0.326 e. The van der Waals surface area contributed by atoms with Crippen LogP contribution in [0, 0.1) is 11.3 Å². The molecular weight excluding hydrogens is 220 g/mol. The lowest BCUT2D eigenvalue weighted by Gasteiger charge is -2.28. The summed E-state index contributed by atoms with van der Waals surface area (Å²) in [6.45, 7) is 9.21. The van der Waals surface area contributed by atoms with Gasteiger partial charge in [-0.15, -0.1) is 0 Å². The van der Waals surface area contributed by atoms with Gasteiger partial charge in [-0.3, -0.25) is 4.79 Å². The predicted octanol–water partition coefficient (Wildman–Crippen LogP) is 0.975. The summed E-state index contributed by atoms with van der Waals surface area (Å²) >= 11 is 0. The molecule has 0 rings (SSSR count). The van der Waals surface area contributed by atoms with Gasteiger partial charge in [0.2, 0.25) is 5.91 Å². The number of hydrogen-bond donors (Lipinski definition) is 3. The van der Waals surface area contributed by atoms with E-state index in [1.54, 1.807) is 6.92 Å². The highest BCUT2D eigenvalue weighted by molar-refractivity contribution is 5.87. The van der Waals surface area contributed by atoms with Crippen molar-refractivity contribution in [2.24, 2.45) is 17.1 Å². The zero-order valence-corrected chi connectivity index (χ0v) is 11.3. The van der Waals surface area contributed by atoms with E-state index in [0.29, 0.717) is 6.42 Å². The molecule has 0 fully saturated rings. The molecule has 0 aliphatic rings. The van der Waals surface area contributed by atoms with Crippen molar-refractivity contribution in [3.63, 3.8) is 0 Å². The number of nitrogens with two attached hydrogens (primary N) is 1. The Morgan fingerprint density at radius 1 is 1.35 bits per heavy atom. The van der Waals surface area contributed by atoms with E-state index in [1.807, 2.05) is 27.7 Å². The number of nitrogens with one attached hydrogen (secondary N) is 1. The molecule has 4 N–H and O–H groups in total. The van der Waals surface area contributed by atoms with Gasteiger partial charge in [-0.2, -0.15) is 0 Å². The van der Waals surface area contributed by atoms with E-state index in [0.717, 1.165) is 0 Å². The van der Waals surface area contributed by atoms with Crippen molar-refractivity contribution >= 4 is 11.9 Å². The van der Waals surface area contributed by atoms with Crippen molar-refractivity contribution < 1.29 is 14.7 Å². The minimum absolute atomic E-state index is 0.122. The average molecular weight is 244 g/mol. The van der Waals surface area contributed by atoms with Crippen LogP contribution >= 0.6 is 0 Å². The molecule has 3 atom stereocenters. The van der Waals surface area contributed by atoms with Crippen molar-refractivity contribution in [2.75, 3.05) is 0 Å². The van der Waals surface area contributed by atoms with Gasteiger partial charge < -0.3 is 16.2 Å². The van der Waals surface area contributed by atoms with E-state index < -0.39 is 24.0 Å². The van der Waals surface area contributed by atoms with Gasteiger partial charge in [-0.05, 0) is 11.3 Å². The fraction of sp³-hybridized carbons (Fsp3) is 0.833. The van der Waals surface area contributed by atoms with Gasteiger partial charge in [0.15, 0.2) is 0 Å². The van der Waals surface area contributed by atoms with Crippen LogP contribution in [0.4, 0.5) is 0 Å². The highest BCUT2D eigenvalue weighted by Crippen LogP contribution is 2.18. The molecule has 5 heteroatoms. The van der Waals surface area contributed by atoms with Crippen molar-refractivity contribution in [2.45, 2.75) is 53.1 Å². The number of carboxylic acids is 1. The Bertz CT molecular complexity index is 284. The first-order chi connectivity index (χ1) is 7.61. The minimum atomic E-state index is -1.02.